The minimum Gasteiger partial charge on any atom is -0.497 e. The molecule has 7 nitrogen and oxygen atoms in total. The molecule has 0 radical (unpaired) electrons. The number of fused-ring (bicyclic) bond motifs is 1. The lowest BCUT2D eigenvalue weighted by atomic mass is 10.0. The highest BCUT2D eigenvalue weighted by Gasteiger charge is 2.28. The maximum absolute atomic E-state index is 13.1. The Bertz CT molecular complexity index is 1110. The van der Waals surface area contributed by atoms with Gasteiger partial charge in [0.15, 0.2) is 5.69 Å². The summed E-state index contributed by atoms with van der Waals surface area (Å²) in [7, 11) is 1.64. The summed E-state index contributed by atoms with van der Waals surface area (Å²) in [6.45, 7) is 5.45. The van der Waals surface area contributed by atoms with Gasteiger partial charge in [0.1, 0.15) is 5.75 Å². The number of carbonyl (C=O) groups excluding carboxylic acids is 2. The second kappa shape index (κ2) is 9.26. The molecule has 2 aromatic carbocycles. The average molecular weight is 433 g/mol. The van der Waals surface area contributed by atoms with Crippen LogP contribution in [0.25, 0.3) is 0 Å². The van der Waals surface area contributed by atoms with E-state index in [-0.39, 0.29) is 11.8 Å². The van der Waals surface area contributed by atoms with Gasteiger partial charge in [0, 0.05) is 36.3 Å². The van der Waals surface area contributed by atoms with Crippen molar-refractivity contribution in [1.82, 2.24) is 20.4 Å². The topological polar surface area (TPSA) is 87.3 Å². The van der Waals surface area contributed by atoms with Crippen LogP contribution < -0.4 is 10.1 Å². The third-order valence-electron chi connectivity index (χ3n) is 5.76. The number of hydrogen-bond donors (Lipinski definition) is 2. The molecule has 1 aliphatic heterocycles. The number of nitrogens with one attached hydrogen (secondary N) is 2. The molecule has 166 valence electrons. The van der Waals surface area contributed by atoms with E-state index in [1.165, 1.54) is 0 Å². The van der Waals surface area contributed by atoms with E-state index in [2.05, 4.69) is 21.6 Å². The van der Waals surface area contributed by atoms with Crippen molar-refractivity contribution in [1.29, 1.82) is 0 Å². The van der Waals surface area contributed by atoms with E-state index in [1.807, 2.05) is 50.2 Å². The number of methoxy groups -OCH3 is 1. The summed E-state index contributed by atoms with van der Waals surface area (Å²) < 4.78 is 5.17. The zero-order valence-corrected chi connectivity index (χ0v) is 18.7. The van der Waals surface area contributed by atoms with Crippen LogP contribution in [-0.2, 0) is 19.4 Å². The number of H-pyrrole nitrogens is 1. The summed E-state index contributed by atoms with van der Waals surface area (Å²) in [4.78, 5) is 27.7. The highest BCUT2D eigenvalue weighted by molar-refractivity contribution is 5.96. The number of aryl methyl sites for hydroxylation is 2. The number of aromatic amines is 1. The van der Waals surface area contributed by atoms with E-state index in [1.54, 1.807) is 12.0 Å². The molecular weight excluding hydrogens is 404 g/mol. The lowest BCUT2D eigenvalue weighted by molar-refractivity contribution is 0.0731. The first kappa shape index (κ1) is 21.6. The van der Waals surface area contributed by atoms with Crippen LogP contribution in [0.4, 0.5) is 0 Å². The van der Waals surface area contributed by atoms with Crippen LogP contribution in [0.3, 0.4) is 0 Å². The Morgan fingerprint density at radius 2 is 1.84 bits per heavy atom. The van der Waals surface area contributed by atoms with Crippen LogP contribution in [-0.4, -0.2) is 47.1 Å². The van der Waals surface area contributed by atoms with Crippen molar-refractivity contribution in [2.24, 2.45) is 0 Å². The van der Waals surface area contributed by atoms with Crippen LogP contribution in [0, 0.1) is 13.8 Å². The number of carbonyl (C=O) groups is 2. The first-order valence-electron chi connectivity index (χ1n) is 10.8. The Hall–Kier alpha value is -3.61. The van der Waals surface area contributed by atoms with E-state index in [0.29, 0.717) is 43.7 Å². The molecule has 1 aromatic heterocycles. The molecular formula is C25H28N4O3. The summed E-state index contributed by atoms with van der Waals surface area (Å²) in [6, 6.07) is 13.6. The zero-order chi connectivity index (χ0) is 22.7. The Balaban J connectivity index is 1.40. The molecule has 0 fully saturated rings. The van der Waals surface area contributed by atoms with Crippen LogP contribution in [0.15, 0.2) is 42.5 Å². The summed E-state index contributed by atoms with van der Waals surface area (Å²) in [5.41, 5.74) is 6.01. The first-order chi connectivity index (χ1) is 15.4. The van der Waals surface area contributed by atoms with Crippen LogP contribution in [0.2, 0.25) is 0 Å². The summed E-state index contributed by atoms with van der Waals surface area (Å²) in [5.74, 6) is 0.562. The molecule has 0 unspecified atom stereocenters. The molecule has 1 aliphatic rings. The standard InChI is InChI=1S/C25H28N4O3/c1-16-12-17(2)14-19(13-16)25(31)29-11-9-22-21(15-29)23(28-27-22)24(30)26-10-8-18-4-6-20(32-3)7-5-18/h4-7,12-14H,8-11,15H2,1-3H3,(H,26,30)(H,27,28). The highest BCUT2D eigenvalue weighted by atomic mass is 16.5. The average Bonchev–Trinajstić information content (AvgIpc) is 3.21. The molecule has 2 heterocycles. The largest absolute Gasteiger partial charge is 0.497 e. The quantitative estimate of drug-likeness (QED) is 0.626. The highest BCUT2D eigenvalue weighted by Crippen LogP contribution is 2.23. The summed E-state index contributed by atoms with van der Waals surface area (Å²) in [5, 5.41) is 10.2. The monoisotopic (exact) mass is 432 g/mol. The van der Waals surface area contributed by atoms with Gasteiger partial charge in [-0.1, -0.05) is 29.3 Å². The van der Waals surface area contributed by atoms with Gasteiger partial charge in [-0.3, -0.25) is 14.7 Å². The molecule has 2 amide bonds. The third-order valence-corrected chi connectivity index (χ3v) is 5.76. The molecule has 32 heavy (non-hydrogen) atoms. The van der Waals surface area contributed by atoms with Crippen molar-refractivity contribution in [3.05, 3.63) is 81.7 Å². The minimum atomic E-state index is -0.225. The van der Waals surface area contributed by atoms with Gasteiger partial charge in [0.05, 0.1) is 13.7 Å². The Morgan fingerprint density at radius 3 is 2.53 bits per heavy atom. The molecule has 3 aromatic rings. The fourth-order valence-electron chi connectivity index (χ4n) is 4.13. The van der Waals surface area contributed by atoms with E-state index in [0.717, 1.165) is 33.7 Å². The summed E-state index contributed by atoms with van der Waals surface area (Å²) >= 11 is 0. The van der Waals surface area contributed by atoms with Gasteiger partial charge >= 0.3 is 0 Å². The molecule has 0 bridgehead atoms. The first-order valence-corrected chi connectivity index (χ1v) is 10.8. The number of ether oxygens (including phenoxy) is 1. The fourth-order valence-corrected chi connectivity index (χ4v) is 4.13. The van der Waals surface area contributed by atoms with Gasteiger partial charge < -0.3 is 15.0 Å². The van der Waals surface area contributed by atoms with Crippen LogP contribution in [0.1, 0.15) is 48.8 Å². The van der Waals surface area contributed by atoms with Gasteiger partial charge in [-0.15, -0.1) is 0 Å². The molecule has 0 spiro atoms. The van der Waals surface area contributed by atoms with Crippen molar-refractivity contribution in [2.45, 2.75) is 33.2 Å². The van der Waals surface area contributed by atoms with Crippen molar-refractivity contribution < 1.29 is 14.3 Å². The minimum absolute atomic E-state index is 0.0190. The number of rotatable bonds is 6. The number of benzene rings is 2. The lowest BCUT2D eigenvalue weighted by Crippen LogP contribution is -2.37. The Labute approximate surface area is 187 Å². The van der Waals surface area contributed by atoms with Gasteiger partial charge in [-0.25, -0.2) is 0 Å². The second-order valence-corrected chi connectivity index (χ2v) is 8.24. The van der Waals surface area contributed by atoms with Crippen molar-refractivity contribution in [3.8, 4) is 5.75 Å². The lowest BCUT2D eigenvalue weighted by Gasteiger charge is -2.27. The molecule has 0 atom stereocenters. The van der Waals surface area contributed by atoms with E-state index < -0.39 is 0 Å². The molecule has 7 heteroatoms. The number of amides is 2. The smallest absolute Gasteiger partial charge is 0.272 e. The van der Waals surface area contributed by atoms with E-state index >= 15 is 0 Å². The van der Waals surface area contributed by atoms with E-state index in [4.69, 9.17) is 4.74 Å². The predicted molar refractivity (Wildman–Crippen MR) is 122 cm³/mol. The number of nitrogens with zero attached hydrogens (tertiary/aromatic N) is 2. The maximum atomic E-state index is 13.1. The van der Waals surface area contributed by atoms with Gasteiger partial charge in [0.2, 0.25) is 0 Å². The number of aromatic nitrogens is 2. The molecule has 0 saturated carbocycles. The molecule has 0 saturated heterocycles. The van der Waals surface area contributed by atoms with Crippen LogP contribution >= 0.6 is 0 Å². The number of hydrogen-bond acceptors (Lipinski definition) is 4. The zero-order valence-electron chi connectivity index (χ0n) is 18.7. The Morgan fingerprint density at radius 1 is 1.12 bits per heavy atom. The maximum Gasteiger partial charge on any atom is 0.272 e. The van der Waals surface area contributed by atoms with Gasteiger partial charge in [-0.05, 0) is 50.1 Å². The normalized spacial score (nSPS) is 12.9. The molecule has 0 aliphatic carbocycles. The van der Waals surface area contributed by atoms with Crippen LogP contribution in [0.5, 0.6) is 5.75 Å². The fraction of sp³-hybridized carbons (Fsp3) is 0.320. The summed E-state index contributed by atoms with van der Waals surface area (Å²) in [6.07, 6.45) is 1.36. The van der Waals surface area contributed by atoms with Crippen molar-refractivity contribution in [2.75, 3.05) is 20.2 Å². The van der Waals surface area contributed by atoms with Crippen molar-refractivity contribution in [3.63, 3.8) is 0 Å². The molecule has 2 N–H and O–H groups in total. The predicted octanol–water partition coefficient (Wildman–Crippen LogP) is 3.21. The second-order valence-electron chi connectivity index (χ2n) is 8.24. The Kier molecular flexibility index (Phi) is 6.25. The third kappa shape index (κ3) is 4.66. The molecule has 4 rings (SSSR count). The van der Waals surface area contributed by atoms with E-state index in [9.17, 15) is 9.59 Å². The SMILES string of the molecule is COc1ccc(CCNC(=O)c2n[nH]c3c2CN(C(=O)c2cc(C)cc(C)c2)CC3)cc1. The van der Waals surface area contributed by atoms with Gasteiger partial charge in [0.25, 0.3) is 11.8 Å². The van der Waals surface area contributed by atoms with Gasteiger partial charge in [-0.2, -0.15) is 5.10 Å². The van der Waals surface area contributed by atoms with Crippen molar-refractivity contribution >= 4 is 11.8 Å².